The van der Waals surface area contributed by atoms with Crippen LogP contribution in [0.4, 0.5) is 9.52 Å². The van der Waals surface area contributed by atoms with E-state index in [-0.39, 0.29) is 23.9 Å². The molecule has 0 saturated carbocycles. The fourth-order valence-electron chi connectivity index (χ4n) is 3.07. The molecule has 1 aliphatic rings. The summed E-state index contributed by atoms with van der Waals surface area (Å²) in [6.45, 7) is 3.86. The Bertz CT molecular complexity index is 1070. The topological polar surface area (TPSA) is 73.3 Å². The van der Waals surface area contributed by atoms with Crippen LogP contribution in [0.25, 0.3) is 0 Å². The number of ether oxygens (including phenoxy) is 2. The van der Waals surface area contributed by atoms with Crippen molar-refractivity contribution in [1.82, 2.24) is 10.2 Å². The molecule has 0 radical (unpaired) electrons. The molecule has 1 aromatic heterocycles. The van der Waals surface area contributed by atoms with Gasteiger partial charge in [0, 0.05) is 17.7 Å². The summed E-state index contributed by atoms with van der Waals surface area (Å²) in [6, 6.07) is 12.3. The molecule has 1 aliphatic heterocycles. The van der Waals surface area contributed by atoms with Gasteiger partial charge in [-0.05, 0) is 31.5 Å². The van der Waals surface area contributed by atoms with Gasteiger partial charge in [-0.25, -0.2) is 4.39 Å². The Labute approximate surface area is 181 Å². The summed E-state index contributed by atoms with van der Waals surface area (Å²) in [4.78, 5) is 12.3. The average molecular weight is 446 g/mol. The Kier molecular flexibility index (Phi) is 5.92. The van der Waals surface area contributed by atoms with Crippen LogP contribution in [0.3, 0.4) is 0 Å². The second-order valence-corrected chi connectivity index (χ2v) is 9.57. The number of aromatic nitrogens is 2. The number of carbonyl (C=O) groups is 1. The standard InChI is InChI=1S/C21H20FN3O3S2/c1-21(2)10-13-7-5-9-16(18(13)28-21)27-11-17(26)23-19-24-25-20(30-19)29-12-14-6-3-4-8-15(14)22/h3-9H,10-12H2,1-2H3,(H,23,24,26). The van der Waals surface area contributed by atoms with Crippen LogP contribution < -0.4 is 14.8 Å². The van der Waals surface area contributed by atoms with E-state index in [1.807, 2.05) is 26.0 Å². The number of nitrogens with zero attached hydrogens (tertiary/aromatic N) is 2. The number of amides is 1. The van der Waals surface area contributed by atoms with Gasteiger partial charge in [0.2, 0.25) is 5.13 Å². The van der Waals surface area contributed by atoms with E-state index in [1.165, 1.54) is 29.2 Å². The lowest BCUT2D eigenvalue weighted by Gasteiger charge is -2.18. The third-order valence-corrected chi connectivity index (χ3v) is 6.40. The number of rotatable bonds is 7. The van der Waals surface area contributed by atoms with Crippen LogP contribution in [0.15, 0.2) is 46.8 Å². The molecule has 156 valence electrons. The van der Waals surface area contributed by atoms with Crippen LogP contribution in [0.5, 0.6) is 11.5 Å². The minimum Gasteiger partial charge on any atom is -0.483 e. The van der Waals surface area contributed by atoms with Gasteiger partial charge in [0.1, 0.15) is 11.4 Å². The summed E-state index contributed by atoms with van der Waals surface area (Å²) in [5.41, 5.74) is 1.38. The van der Waals surface area contributed by atoms with Gasteiger partial charge in [0.25, 0.3) is 5.91 Å². The molecule has 0 spiro atoms. The van der Waals surface area contributed by atoms with Crippen LogP contribution >= 0.6 is 23.1 Å². The second-order valence-electron chi connectivity index (χ2n) is 7.37. The number of anilines is 1. The molecule has 30 heavy (non-hydrogen) atoms. The number of benzene rings is 2. The predicted molar refractivity (Wildman–Crippen MR) is 115 cm³/mol. The third-order valence-electron chi connectivity index (χ3n) is 4.38. The van der Waals surface area contributed by atoms with Crippen LogP contribution in [0, 0.1) is 5.82 Å². The van der Waals surface area contributed by atoms with Gasteiger partial charge in [0.05, 0.1) is 0 Å². The zero-order valence-electron chi connectivity index (χ0n) is 16.5. The number of thioether (sulfide) groups is 1. The summed E-state index contributed by atoms with van der Waals surface area (Å²) in [7, 11) is 0. The Morgan fingerprint density at radius 3 is 2.93 bits per heavy atom. The molecular formula is C21H20FN3O3S2. The molecule has 2 aromatic carbocycles. The van der Waals surface area contributed by atoms with Crippen molar-refractivity contribution >= 4 is 34.1 Å². The minimum atomic E-state index is -0.341. The van der Waals surface area contributed by atoms with Gasteiger partial charge in [0.15, 0.2) is 22.4 Å². The van der Waals surface area contributed by atoms with Crippen LogP contribution in [0.1, 0.15) is 25.0 Å². The molecule has 0 aliphatic carbocycles. The molecular weight excluding hydrogens is 425 g/mol. The van der Waals surface area contributed by atoms with Gasteiger partial charge in [-0.1, -0.05) is 53.4 Å². The first-order valence-corrected chi connectivity index (χ1v) is 11.1. The second kappa shape index (κ2) is 8.61. The molecule has 0 fully saturated rings. The lowest BCUT2D eigenvalue weighted by atomic mass is 10.0. The first-order valence-electron chi connectivity index (χ1n) is 9.33. The maximum absolute atomic E-state index is 13.7. The molecule has 6 nitrogen and oxygen atoms in total. The highest BCUT2D eigenvalue weighted by atomic mass is 32.2. The molecule has 0 unspecified atom stereocenters. The Morgan fingerprint density at radius 1 is 1.27 bits per heavy atom. The van der Waals surface area contributed by atoms with Crippen molar-refractivity contribution < 1.29 is 18.7 Å². The first-order chi connectivity index (χ1) is 14.4. The summed E-state index contributed by atoms with van der Waals surface area (Å²) >= 11 is 2.60. The van der Waals surface area contributed by atoms with E-state index in [0.717, 1.165) is 12.0 Å². The quantitative estimate of drug-likeness (QED) is 0.420. The van der Waals surface area contributed by atoms with Crippen molar-refractivity contribution in [3.63, 3.8) is 0 Å². The number of halogens is 1. The van der Waals surface area contributed by atoms with Crippen LogP contribution in [-0.4, -0.2) is 28.3 Å². The number of para-hydroxylation sites is 1. The first kappa shape index (κ1) is 20.6. The summed E-state index contributed by atoms with van der Waals surface area (Å²) < 4.78 is 26.0. The van der Waals surface area contributed by atoms with Gasteiger partial charge >= 0.3 is 0 Å². The fourth-order valence-corrected chi connectivity index (χ4v) is 4.83. The molecule has 4 rings (SSSR count). The number of nitrogens with one attached hydrogen (secondary N) is 1. The summed E-state index contributed by atoms with van der Waals surface area (Å²) in [5.74, 6) is 1.09. The smallest absolute Gasteiger partial charge is 0.264 e. The molecule has 0 bridgehead atoms. The number of fused-ring (bicyclic) bond motifs is 1. The molecule has 9 heteroatoms. The highest BCUT2D eigenvalue weighted by Gasteiger charge is 2.32. The van der Waals surface area contributed by atoms with E-state index in [1.54, 1.807) is 24.3 Å². The van der Waals surface area contributed by atoms with E-state index in [2.05, 4.69) is 15.5 Å². The third kappa shape index (κ3) is 4.91. The Hall–Kier alpha value is -2.65. The Balaban J connectivity index is 1.30. The molecule has 1 amide bonds. The summed E-state index contributed by atoms with van der Waals surface area (Å²) in [6.07, 6.45) is 0.795. The predicted octanol–water partition coefficient (Wildman–Crippen LogP) is 4.70. The highest BCUT2D eigenvalue weighted by molar-refractivity contribution is 8.00. The molecule has 1 N–H and O–H groups in total. The zero-order valence-corrected chi connectivity index (χ0v) is 18.1. The van der Waals surface area contributed by atoms with Crippen molar-refractivity contribution in [2.75, 3.05) is 11.9 Å². The molecule has 3 aromatic rings. The van der Waals surface area contributed by atoms with Crippen molar-refractivity contribution in [3.8, 4) is 11.5 Å². The Morgan fingerprint density at radius 2 is 2.10 bits per heavy atom. The number of hydrogen-bond donors (Lipinski definition) is 1. The SMILES string of the molecule is CC1(C)Cc2cccc(OCC(=O)Nc3nnc(SCc4ccccc4F)s3)c2O1. The van der Waals surface area contributed by atoms with Gasteiger partial charge in [-0.2, -0.15) is 0 Å². The summed E-state index contributed by atoms with van der Waals surface area (Å²) in [5, 5.41) is 11.0. The monoisotopic (exact) mass is 445 g/mol. The fraction of sp³-hybridized carbons (Fsp3) is 0.286. The minimum absolute atomic E-state index is 0.169. The van der Waals surface area contributed by atoms with Gasteiger partial charge in [-0.15, -0.1) is 10.2 Å². The van der Waals surface area contributed by atoms with E-state index in [0.29, 0.717) is 32.3 Å². The number of carbonyl (C=O) groups excluding carboxylic acids is 1. The van der Waals surface area contributed by atoms with Crippen molar-refractivity contribution in [1.29, 1.82) is 0 Å². The van der Waals surface area contributed by atoms with E-state index in [4.69, 9.17) is 9.47 Å². The van der Waals surface area contributed by atoms with Gasteiger partial charge in [-0.3, -0.25) is 10.1 Å². The highest BCUT2D eigenvalue weighted by Crippen LogP contribution is 2.41. The average Bonchev–Trinajstić information content (AvgIpc) is 3.28. The maximum atomic E-state index is 13.7. The van der Waals surface area contributed by atoms with E-state index < -0.39 is 0 Å². The van der Waals surface area contributed by atoms with Crippen molar-refractivity contribution in [2.45, 2.75) is 36.0 Å². The number of hydrogen-bond acceptors (Lipinski definition) is 7. The maximum Gasteiger partial charge on any atom is 0.264 e. The van der Waals surface area contributed by atoms with Crippen molar-refractivity contribution in [2.24, 2.45) is 0 Å². The molecule has 0 saturated heterocycles. The van der Waals surface area contributed by atoms with Crippen molar-refractivity contribution in [3.05, 3.63) is 59.4 Å². The van der Waals surface area contributed by atoms with Crippen LogP contribution in [0.2, 0.25) is 0 Å². The lowest BCUT2D eigenvalue weighted by Crippen LogP contribution is -2.25. The van der Waals surface area contributed by atoms with E-state index in [9.17, 15) is 9.18 Å². The van der Waals surface area contributed by atoms with Gasteiger partial charge < -0.3 is 9.47 Å². The zero-order chi connectivity index (χ0) is 21.1. The lowest BCUT2D eigenvalue weighted by molar-refractivity contribution is -0.118. The molecule has 2 heterocycles. The van der Waals surface area contributed by atoms with E-state index >= 15 is 0 Å². The normalized spacial score (nSPS) is 14.1. The van der Waals surface area contributed by atoms with Crippen LogP contribution in [-0.2, 0) is 17.0 Å². The molecule has 0 atom stereocenters. The largest absolute Gasteiger partial charge is 0.483 e.